The van der Waals surface area contributed by atoms with Crippen molar-refractivity contribution in [3.63, 3.8) is 0 Å². The lowest BCUT2D eigenvalue weighted by atomic mass is 9.47. The van der Waals surface area contributed by atoms with Gasteiger partial charge in [0.2, 0.25) is 0 Å². The minimum atomic E-state index is 0.212. The lowest BCUT2D eigenvalue weighted by Crippen LogP contribution is -2.55. The molecule has 1 saturated heterocycles. The molecule has 8 atom stereocenters. The number of allylic oxidation sites excluding steroid dienone is 1. The van der Waals surface area contributed by atoms with Gasteiger partial charge in [0.15, 0.2) is 0 Å². The van der Waals surface area contributed by atoms with E-state index in [1.54, 1.807) is 5.57 Å². The van der Waals surface area contributed by atoms with Crippen LogP contribution in [0, 0.1) is 34.5 Å². The number of fused-ring (bicyclic) bond motifs is 4. The van der Waals surface area contributed by atoms with Crippen LogP contribution in [0.2, 0.25) is 0 Å². The van der Waals surface area contributed by atoms with Gasteiger partial charge in [-0.1, -0.05) is 18.6 Å². The van der Waals surface area contributed by atoms with Gasteiger partial charge >= 0.3 is 6.03 Å². The third-order valence-electron chi connectivity index (χ3n) is 11.9. The van der Waals surface area contributed by atoms with Gasteiger partial charge in [0.05, 0.1) is 0 Å². The summed E-state index contributed by atoms with van der Waals surface area (Å²) >= 11 is 0. The number of carbonyl (C=O) groups excluding carboxylic acids is 1. The number of likely N-dealkylation sites (tertiary alicyclic amines) is 1. The maximum Gasteiger partial charge on any atom is 0.320 e. The molecule has 1 aliphatic heterocycles. The molecule has 2 amide bonds. The Morgan fingerprint density at radius 3 is 2.38 bits per heavy atom. The number of hydrogen-bond donors (Lipinski definition) is 0. The van der Waals surface area contributed by atoms with Crippen LogP contribution in [0.3, 0.4) is 0 Å². The Labute approximate surface area is 209 Å². The topological polar surface area (TPSA) is 26.8 Å². The van der Waals surface area contributed by atoms with E-state index in [-0.39, 0.29) is 18.1 Å². The summed E-state index contributed by atoms with van der Waals surface area (Å²) in [5.74, 6) is 3.61. The van der Waals surface area contributed by atoms with Crippen LogP contribution in [-0.4, -0.2) is 65.5 Å². The molecule has 4 fully saturated rings. The van der Waals surface area contributed by atoms with Crippen molar-refractivity contribution < 1.29 is 4.79 Å². The molecule has 5 aliphatic rings. The molecule has 1 spiro atoms. The van der Waals surface area contributed by atoms with E-state index in [0.29, 0.717) is 16.9 Å². The Morgan fingerprint density at radius 1 is 1.03 bits per heavy atom. The SMILES string of the molecule is CC1C2CCC3C4CC=C5CC(N(C)C(=O)N(C(C)C)C(C)C)CCC5(C)C4CCC32CN1C. The molecule has 34 heavy (non-hydrogen) atoms. The molecule has 4 heteroatoms. The lowest BCUT2D eigenvalue weighted by Gasteiger charge is -2.58. The Balaban J connectivity index is 1.34. The molecule has 1 heterocycles. The summed E-state index contributed by atoms with van der Waals surface area (Å²) in [6, 6.07) is 1.80. The predicted octanol–water partition coefficient (Wildman–Crippen LogP) is 6.42. The Bertz CT molecular complexity index is 827. The highest BCUT2D eigenvalue weighted by atomic mass is 16.2. The number of rotatable bonds is 3. The monoisotopic (exact) mass is 469 g/mol. The van der Waals surface area contributed by atoms with Gasteiger partial charge in [0.25, 0.3) is 0 Å². The van der Waals surface area contributed by atoms with Gasteiger partial charge in [-0.3, -0.25) is 0 Å². The largest absolute Gasteiger partial charge is 0.324 e. The van der Waals surface area contributed by atoms with Crippen LogP contribution in [0.4, 0.5) is 4.79 Å². The highest BCUT2D eigenvalue weighted by Gasteiger charge is 2.64. The third kappa shape index (κ3) is 3.44. The van der Waals surface area contributed by atoms with Crippen molar-refractivity contribution in [2.24, 2.45) is 34.5 Å². The number of amides is 2. The number of hydrogen-bond acceptors (Lipinski definition) is 2. The van der Waals surface area contributed by atoms with E-state index in [1.807, 2.05) is 0 Å². The minimum Gasteiger partial charge on any atom is -0.324 e. The Kier molecular flexibility index (Phi) is 6.18. The summed E-state index contributed by atoms with van der Waals surface area (Å²) in [7, 11) is 4.43. The molecule has 8 unspecified atom stereocenters. The molecule has 0 aromatic carbocycles. The van der Waals surface area contributed by atoms with Crippen molar-refractivity contribution >= 4 is 6.03 Å². The second-order valence-corrected chi connectivity index (χ2v) is 13.8. The van der Waals surface area contributed by atoms with Crippen LogP contribution < -0.4 is 0 Å². The molecule has 3 saturated carbocycles. The van der Waals surface area contributed by atoms with Gasteiger partial charge in [0.1, 0.15) is 0 Å². The maximum atomic E-state index is 13.4. The second-order valence-electron chi connectivity index (χ2n) is 13.8. The van der Waals surface area contributed by atoms with E-state index in [0.717, 1.165) is 42.6 Å². The molecule has 192 valence electrons. The molecule has 4 nitrogen and oxygen atoms in total. The molecule has 5 rings (SSSR count). The highest BCUT2D eigenvalue weighted by molar-refractivity contribution is 5.75. The van der Waals surface area contributed by atoms with E-state index in [4.69, 9.17) is 0 Å². The van der Waals surface area contributed by atoms with Gasteiger partial charge in [-0.25, -0.2) is 4.79 Å². The van der Waals surface area contributed by atoms with Crippen LogP contribution in [-0.2, 0) is 0 Å². The number of carbonyl (C=O) groups is 1. The van der Waals surface area contributed by atoms with E-state index < -0.39 is 0 Å². The van der Waals surface area contributed by atoms with Crippen LogP contribution in [0.1, 0.15) is 92.9 Å². The average molecular weight is 470 g/mol. The van der Waals surface area contributed by atoms with Crippen molar-refractivity contribution in [1.82, 2.24) is 14.7 Å². The number of nitrogens with zero attached hydrogens (tertiary/aromatic N) is 3. The molecule has 0 aromatic rings. The minimum absolute atomic E-state index is 0.212. The van der Waals surface area contributed by atoms with Crippen LogP contribution in [0.25, 0.3) is 0 Å². The van der Waals surface area contributed by atoms with Crippen molar-refractivity contribution in [3.8, 4) is 0 Å². The van der Waals surface area contributed by atoms with Gasteiger partial charge < -0.3 is 14.7 Å². The molecular weight excluding hydrogens is 418 g/mol. The van der Waals surface area contributed by atoms with E-state index >= 15 is 0 Å². The zero-order valence-electron chi connectivity index (χ0n) is 23.3. The summed E-state index contributed by atoms with van der Waals surface area (Å²) in [5.41, 5.74) is 2.65. The average Bonchev–Trinajstić information content (AvgIpc) is 3.26. The summed E-state index contributed by atoms with van der Waals surface area (Å²) in [6.45, 7) is 15.0. The van der Waals surface area contributed by atoms with Gasteiger partial charge in [-0.2, -0.15) is 0 Å². The molecule has 0 N–H and O–H groups in total. The fourth-order valence-electron chi connectivity index (χ4n) is 10.2. The predicted molar refractivity (Wildman–Crippen MR) is 141 cm³/mol. The summed E-state index contributed by atoms with van der Waals surface area (Å²) < 4.78 is 0. The first kappa shape index (κ1) is 24.7. The first-order valence-electron chi connectivity index (χ1n) is 14.5. The molecule has 0 radical (unpaired) electrons. The van der Waals surface area contributed by atoms with Crippen LogP contribution in [0.5, 0.6) is 0 Å². The zero-order chi connectivity index (χ0) is 24.6. The van der Waals surface area contributed by atoms with Crippen molar-refractivity contribution in [2.75, 3.05) is 20.6 Å². The smallest absolute Gasteiger partial charge is 0.320 e. The third-order valence-corrected chi connectivity index (χ3v) is 11.9. The molecule has 0 aromatic heterocycles. The van der Waals surface area contributed by atoms with Crippen molar-refractivity contribution in [1.29, 1.82) is 0 Å². The Hall–Kier alpha value is -1.03. The quantitative estimate of drug-likeness (QED) is 0.446. The second kappa shape index (κ2) is 8.53. The summed E-state index contributed by atoms with van der Waals surface area (Å²) in [6.07, 6.45) is 13.3. The fourth-order valence-corrected chi connectivity index (χ4v) is 10.2. The highest BCUT2D eigenvalue weighted by Crippen LogP contribution is 2.68. The maximum absolute atomic E-state index is 13.4. The van der Waals surface area contributed by atoms with Crippen LogP contribution in [0.15, 0.2) is 11.6 Å². The lowest BCUT2D eigenvalue weighted by molar-refractivity contribution is -0.0431. The van der Waals surface area contributed by atoms with Crippen molar-refractivity contribution in [2.45, 2.75) is 117 Å². The Morgan fingerprint density at radius 2 is 1.71 bits per heavy atom. The first-order chi connectivity index (χ1) is 16.0. The number of urea groups is 1. The zero-order valence-corrected chi connectivity index (χ0v) is 23.3. The molecular formula is C30H51N3O. The van der Waals surface area contributed by atoms with E-state index in [9.17, 15) is 4.79 Å². The summed E-state index contributed by atoms with van der Waals surface area (Å²) in [4.78, 5) is 20.2. The van der Waals surface area contributed by atoms with E-state index in [1.165, 1.54) is 45.1 Å². The van der Waals surface area contributed by atoms with E-state index in [2.05, 4.69) is 76.4 Å². The fraction of sp³-hybridized carbons (Fsp3) is 0.900. The van der Waals surface area contributed by atoms with Crippen molar-refractivity contribution in [3.05, 3.63) is 11.6 Å². The first-order valence-corrected chi connectivity index (χ1v) is 14.5. The van der Waals surface area contributed by atoms with Gasteiger partial charge in [0, 0.05) is 37.8 Å². The standard InChI is InChI=1S/C30H51N3O/c1-19(2)33(20(3)4)28(34)32(8)23-13-15-29(6)22(17-23)9-10-24-26(29)14-16-30-18-31(7)21(5)25(30)11-12-27(24)30/h9,19-21,23-27H,10-18H2,1-8H3. The van der Waals surface area contributed by atoms with Crippen LogP contribution >= 0.6 is 0 Å². The van der Waals surface area contributed by atoms with Gasteiger partial charge in [-0.05, 0) is 128 Å². The molecule has 0 bridgehead atoms. The summed E-state index contributed by atoms with van der Waals surface area (Å²) in [5, 5.41) is 0. The van der Waals surface area contributed by atoms with Gasteiger partial charge in [-0.15, -0.1) is 0 Å². The molecule has 4 aliphatic carbocycles. The normalized spacial score (nSPS) is 43.8.